The van der Waals surface area contributed by atoms with Crippen molar-refractivity contribution < 1.29 is 4.42 Å². The quantitative estimate of drug-likeness (QED) is 0.751. The molecule has 0 unspecified atom stereocenters. The van der Waals surface area contributed by atoms with Gasteiger partial charge in [0, 0.05) is 25.4 Å². The van der Waals surface area contributed by atoms with Crippen LogP contribution in [0.5, 0.6) is 0 Å². The molecule has 1 aromatic rings. The average molecular weight is 210 g/mol. The Morgan fingerprint density at radius 2 is 2.20 bits per heavy atom. The zero-order valence-electron chi connectivity index (χ0n) is 10.0. The highest BCUT2D eigenvalue weighted by Gasteiger charge is 2.03. The number of unbranched alkanes of at least 4 members (excludes halogenated alkanes) is 1. The SMILES string of the molecule is CCCCc1cnc(CCNC(C)C)o1. The Kier molecular flexibility index (Phi) is 5.40. The van der Waals surface area contributed by atoms with E-state index < -0.39 is 0 Å². The number of hydrogen-bond donors (Lipinski definition) is 1. The van der Waals surface area contributed by atoms with Crippen LogP contribution in [0.1, 0.15) is 45.3 Å². The van der Waals surface area contributed by atoms with Crippen LogP contribution in [-0.4, -0.2) is 17.6 Å². The van der Waals surface area contributed by atoms with Gasteiger partial charge >= 0.3 is 0 Å². The van der Waals surface area contributed by atoms with Gasteiger partial charge in [-0.05, 0) is 6.42 Å². The van der Waals surface area contributed by atoms with Crippen molar-refractivity contribution in [2.75, 3.05) is 6.54 Å². The fourth-order valence-electron chi connectivity index (χ4n) is 1.40. The molecule has 0 fully saturated rings. The standard InChI is InChI=1S/C12H22N2O/c1-4-5-6-11-9-14-12(15-11)7-8-13-10(2)3/h9-10,13H,4-8H2,1-3H3. The third-order valence-corrected chi connectivity index (χ3v) is 2.27. The maximum absolute atomic E-state index is 5.62. The first-order valence-corrected chi connectivity index (χ1v) is 5.89. The van der Waals surface area contributed by atoms with Crippen molar-refractivity contribution in [3.05, 3.63) is 17.8 Å². The predicted octanol–water partition coefficient (Wildman–Crippen LogP) is 2.56. The number of aromatic nitrogens is 1. The molecule has 86 valence electrons. The van der Waals surface area contributed by atoms with E-state index in [1.807, 2.05) is 6.20 Å². The van der Waals surface area contributed by atoms with E-state index in [2.05, 4.69) is 31.1 Å². The molecule has 1 heterocycles. The molecule has 0 atom stereocenters. The lowest BCUT2D eigenvalue weighted by Gasteiger charge is -2.05. The van der Waals surface area contributed by atoms with Crippen LogP contribution >= 0.6 is 0 Å². The summed E-state index contributed by atoms with van der Waals surface area (Å²) >= 11 is 0. The van der Waals surface area contributed by atoms with E-state index in [4.69, 9.17) is 4.42 Å². The van der Waals surface area contributed by atoms with Gasteiger partial charge in [-0.1, -0.05) is 27.2 Å². The molecular formula is C12H22N2O. The van der Waals surface area contributed by atoms with Crippen LogP contribution in [0.4, 0.5) is 0 Å². The minimum Gasteiger partial charge on any atom is -0.446 e. The lowest BCUT2D eigenvalue weighted by atomic mass is 10.2. The fraction of sp³-hybridized carbons (Fsp3) is 0.750. The summed E-state index contributed by atoms with van der Waals surface area (Å²) < 4.78 is 5.62. The monoisotopic (exact) mass is 210 g/mol. The zero-order valence-corrected chi connectivity index (χ0v) is 10.0. The summed E-state index contributed by atoms with van der Waals surface area (Å²) in [6.45, 7) is 7.40. The van der Waals surface area contributed by atoms with Crippen molar-refractivity contribution in [1.29, 1.82) is 0 Å². The molecular weight excluding hydrogens is 188 g/mol. The van der Waals surface area contributed by atoms with Crippen LogP contribution in [0, 0.1) is 0 Å². The Morgan fingerprint density at radius 3 is 2.87 bits per heavy atom. The summed E-state index contributed by atoms with van der Waals surface area (Å²) in [5, 5.41) is 3.35. The molecule has 1 aromatic heterocycles. The van der Waals surface area contributed by atoms with Gasteiger partial charge in [0.2, 0.25) is 0 Å². The predicted molar refractivity (Wildman–Crippen MR) is 62.0 cm³/mol. The second-order valence-electron chi connectivity index (χ2n) is 4.18. The van der Waals surface area contributed by atoms with Crippen LogP contribution in [0.15, 0.2) is 10.6 Å². The molecule has 0 saturated heterocycles. The smallest absolute Gasteiger partial charge is 0.195 e. The molecule has 0 bridgehead atoms. The maximum Gasteiger partial charge on any atom is 0.195 e. The number of aryl methyl sites for hydroxylation is 1. The Morgan fingerprint density at radius 1 is 1.40 bits per heavy atom. The minimum absolute atomic E-state index is 0.527. The summed E-state index contributed by atoms with van der Waals surface area (Å²) in [4.78, 5) is 4.26. The van der Waals surface area contributed by atoms with Gasteiger partial charge in [0.25, 0.3) is 0 Å². The largest absolute Gasteiger partial charge is 0.446 e. The van der Waals surface area contributed by atoms with Gasteiger partial charge in [-0.15, -0.1) is 0 Å². The Bertz CT molecular complexity index is 268. The summed E-state index contributed by atoms with van der Waals surface area (Å²) in [5.41, 5.74) is 0. The topological polar surface area (TPSA) is 38.1 Å². The molecule has 0 aliphatic heterocycles. The van der Waals surface area contributed by atoms with E-state index in [0.29, 0.717) is 6.04 Å². The Hall–Kier alpha value is -0.830. The highest BCUT2D eigenvalue weighted by atomic mass is 16.4. The van der Waals surface area contributed by atoms with E-state index >= 15 is 0 Å². The van der Waals surface area contributed by atoms with Crippen molar-refractivity contribution in [2.24, 2.45) is 0 Å². The van der Waals surface area contributed by atoms with Crippen LogP contribution in [0.3, 0.4) is 0 Å². The summed E-state index contributed by atoms with van der Waals surface area (Å²) in [6, 6.07) is 0.527. The van der Waals surface area contributed by atoms with Gasteiger partial charge in [0.15, 0.2) is 5.89 Å². The molecule has 0 saturated carbocycles. The van der Waals surface area contributed by atoms with Crippen molar-refractivity contribution in [1.82, 2.24) is 10.3 Å². The van der Waals surface area contributed by atoms with Gasteiger partial charge in [-0.25, -0.2) is 4.98 Å². The molecule has 0 aliphatic rings. The van der Waals surface area contributed by atoms with E-state index in [-0.39, 0.29) is 0 Å². The van der Waals surface area contributed by atoms with Gasteiger partial charge in [0.05, 0.1) is 6.20 Å². The van der Waals surface area contributed by atoms with Crippen LogP contribution in [0.25, 0.3) is 0 Å². The van der Waals surface area contributed by atoms with Gasteiger partial charge < -0.3 is 9.73 Å². The third kappa shape index (κ3) is 4.98. The van der Waals surface area contributed by atoms with E-state index in [0.717, 1.165) is 31.0 Å². The van der Waals surface area contributed by atoms with Crippen LogP contribution in [-0.2, 0) is 12.8 Å². The normalized spacial score (nSPS) is 11.2. The van der Waals surface area contributed by atoms with Crippen LogP contribution < -0.4 is 5.32 Å². The number of nitrogens with one attached hydrogen (secondary N) is 1. The number of rotatable bonds is 7. The number of hydrogen-bond acceptors (Lipinski definition) is 3. The molecule has 0 aliphatic carbocycles. The second kappa shape index (κ2) is 6.62. The van der Waals surface area contributed by atoms with E-state index in [1.165, 1.54) is 12.8 Å². The molecule has 3 nitrogen and oxygen atoms in total. The van der Waals surface area contributed by atoms with Gasteiger partial charge in [0.1, 0.15) is 5.76 Å². The summed E-state index contributed by atoms with van der Waals surface area (Å²) in [7, 11) is 0. The molecule has 15 heavy (non-hydrogen) atoms. The highest BCUT2D eigenvalue weighted by Crippen LogP contribution is 2.07. The third-order valence-electron chi connectivity index (χ3n) is 2.27. The molecule has 0 amide bonds. The van der Waals surface area contributed by atoms with E-state index in [1.54, 1.807) is 0 Å². The lowest BCUT2D eigenvalue weighted by molar-refractivity contribution is 0.439. The maximum atomic E-state index is 5.62. The van der Waals surface area contributed by atoms with Crippen LogP contribution in [0.2, 0.25) is 0 Å². The lowest BCUT2D eigenvalue weighted by Crippen LogP contribution is -2.24. The first kappa shape index (κ1) is 12.2. The van der Waals surface area contributed by atoms with Crippen molar-refractivity contribution in [3.8, 4) is 0 Å². The number of nitrogens with zero attached hydrogens (tertiary/aromatic N) is 1. The Labute approximate surface area is 92.3 Å². The Balaban J connectivity index is 2.26. The number of oxazole rings is 1. The van der Waals surface area contributed by atoms with Gasteiger partial charge in [-0.3, -0.25) is 0 Å². The molecule has 0 spiro atoms. The first-order chi connectivity index (χ1) is 7.22. The highest BCUT2D eigenvalue weighted by molar-refractivity contribution is 4.94. The molecule has 3 heteroatoms. The summed E-state index contributed by atoms with van der Waals surface area (Å²) in [5.74, 6) is 1.88. The average Bonchev–Trinajstić information content (AvgIpc) is 2.62. The zero-order chi connectivity index (χ0) is 11.1. The molecule has 0 aromatic carbocycles. The van der Waals surface area contributed by atoms with Gasteiger partial charge in [-0.2, -0.15) is 0 Å². The molecule has 1 rings (SSSR count). The van der Waals surface area contributed by atoms with Crippen molar-refractivity contribution in [2.45, 2.75) is 52.5 Å². The molecule has 1 N–H and O–H groups in total. The van der Waals surface area contributed by atoms with Crippen molar-refractivity contribution in [3.63, 3.8) is 0 Å². The first-order valence-electron chi connectivity index (χ1n) is 5.89. The minimum atomic E-state index is 0.527. The van der Waals surface area contributed by atoms with E-state index in [9.17, 15) is 0 Å². The fourth-order valence-corrected chi connectivity index (χ4v) is 1.40. The van der Waals surface area contributed by atoms with Crippen molar-refractivity contribution >= 4 is 0 Å². The summed E-state index contributed by atoms with van der Waals surface area (Å²) in [6.07, 6.45) is 6.13. The molecule has 0 radical (unpaired) electrons. The second-order valence-corrected chi connectivity index (χ2v) is 4.18.